The van der Waals surface area contributed by atoms with E-state index in [1.807, 2.05) is 0 Å². The van der Waals surface area contributed by atoms with Crippen LogP contribution in [0, 0.1) is 0 Å². The van der Waals surface area contributed by atoms with Gasteiger partial charge in [0.25, 0.3) is 0 Å². The number of primary amides is 1. The zero-order valence-electron chi connectivity index (χ0n) is 9.09. The highest BCUT2D eigenvalue weighted by molar-refractivity contribution is 5.84. The van der Waals surface area contributed by atoms with E-state index in [-0.39, 0.29) is 6.42 Å². The van der Waals surface area contributed by atoms with Crippen molar-refractivity contribution in [2.24, 2.45) is 5.73 Å². The largest absolute Gasteiger partial charge is 0.459 e. The molecule has 5 nitrogen and oxygen atoms in total. The maximum absolute atomic E-state index is 11.4. The van der Waals surface area contributed by atoms with Crippen molar-refractivity contribution in [2.45, 2.75) is 38.8 Å². The Kier molecular flexibility index (Phi) is 4.56. The van der Waals surface area contributed by atoms with Gasteiger partial charge in [-0.25, -0.2) is 0 Å². The summed E-state index contributed by atoms with van der Waals surface area (Å²) in [4.78, 5) is 22.0. The third kappa shape index (κ3) is 5.53. The number of esters is 1. The molecule has 0 aromatic rings. The Morgan fingerprint density at radius 1 is 1.43 bits per heavy atom. The number of nitrogens with one attached hydrogen (secondary N) is 1. The van der Waals surface area contributed by atoms with Crippen LogP contribution >= 0.6 is 0 Å². The van der Waals surface area contributed by atoms with Gasteiger partial charge in [0, 0.05) is 0 Å². The van der Waals surface area contributed by atoms with Crippen molar-refractivity contribution < 1.29 is 14.3 Å². The van der Waals surface area contributed by atoms with E-state index in [4.69, 9.17) is 10.5 Å². The van der Waals surface area contributed by atoms with Crippen LogP contribution in [0.15, 0.2) is 0 Å². The van der Waals surface area contributed by atoms with E-state index in [0.717, 1.165) is 0 Å². The van der Waals surface area contributed by atoms with Crippen molar-refractivity contribution in [1.82, 2.24) is 5.32 Å². The highest BCUT2D eigenvalue weighted by Crippen LogP contribution is 2.09. The lowest BCUT2D eigenvalue weighted by atomic mass is 10.1. The lowest BCUT2D eigenvalue weighted by Gasteiger charge is -2.23. The first-order valence-electron chi connectivity index (χ1n) is 4.44. The average Bonchev–Trinajstić information content (AvgIpc) is 1.96. The number of hydrogen-bond donors (Lipinski definition) is 2. The number of likely N-dealkylation sites (N-methyl/N-ethyl adjacent to an activating group) is 1. The summed E-state index contributed by atoms with van der Waals surface area (Å²) in [6.45, 7) is 5.30. The van der Waals surface area contributed by atoms with Gasteiger partial charge in [0.15, 0.2) is 0 Å². The Morgan fingerprint density at radius 3 is 2.21 bits per heavy atom. The second-order valence-corrected chi connectivity index (χ2v) is 4.05. The molecule has 0 radical (unpaired) electrons. The van der Waals surface area contributed by atoms with Crippen LogP contribution in [0.25, 0.3) is 0 Å². The van der Waals surface area contributed by atoms with Crippen molar-refractivity contribution in [1.29, 1.82) is 0 Å². The quantitative estimate of drug-likeness (QED) is 0.618. The summed E-state index contributed by atoms with van der Waals surface area (Å²) in [7, 11) is 1.58. The molecule has 0 aromatic heterocycles. The molecule has 0 spiro atoms. The summed E-state index contributed by atoms with van der Waals surface area (Å²) >= 11 is 0. The summed E-state index contributed by atoms with van der Waals surface area (Å²) in [6.07, 6.45) is -0.0502. The van der Waals surface area contributed by atoms with Gasteiger partial charge in [-0.15, -0.1) is 0 Å². The predicted octanol–water partition coefficient (Wildman–Crippen LogP) is -0.208. The second kappa shape index (κ2) is 4.95. The Bertz CT molecular complexity index is 221. The lowest BCUT2D eigenvalue weighted by molar-refractivity contribution is -0.158. The number of amides is 1. The van der Waals surface area contributed by atoms with Crippen LogP contribution in [0.3, 0.4) is 0 Å². The molecule has 0 rings (SSSR count). The standard InChI is InChI=1S/C9H18N2O3/c1-9(2,3)14-8(13)6(11-4)5-7(10)12/h6,11H,5H2,1-4H3,(H2,10,12)/t6-/m0/s1. The first-order chi connectivity index (χ1) is 6.26. The Hall–Kier alpha value is -1.10. The number of hydrogen-bond acceptors (Lipinski definition) is 4. The topological polar surface area (TPSA) is 81.4 Å². The minimum absolute atomic E-state index is 0.0502. The number of carbonyl (C=O) groups excluding carboxylic acids is 2. The minimum atomic E-state index is -0.660. The van der Waals surface area contributed by atoms with Crippen LogP contribution in [-0.4, -0.2) is 30.6 Å². The molecule has 5 heteroatoms. The highest BCUT2D eigenvalue weighted by Gasteiger charge is 2.24. The molecule has 0 bridgehead atoms. The lowest BCUT2D eigenvalue weighted by Crippen LogP contribution is -2.42. The molecule has 0 aromatic carbocycles. The summed E-state index contributed by atoms with van der Waals surface area (Å²) in [5.74, 6) is -0.992. The van der Waals surface area contributed by atoms with Gasteiger partial charge < -0.3 is 15.8 Å². The SMILES string of the molecule is CN[C@@H](CC(N)=O)C(=O)OC(C)(C)C. The van der Waals surface area contributed by atoms with Gasteiger partial charge in [-0.05, 0) is 27.8 Å². The van der Waals surface area contributed by atoms with E-state index in [0.29, 0.717) is 0 Å². The average molecular weight is 202 g/mol. The minimum Gasteiger partial charge on any atom is -0.459 e. The van der Waals surface area contributed by atoms with Crippen molar-refractivity contribution in [3.05, 3.63) is 0 Å². The Labute approximate surface area is 84.0 Å². The van der Waals surface area contributed by atoms with E-state index in [1.165, 1.54) is 0 Å². The molecule has 0 unspecified atom stereocenters. The molecule has 1 amide bonds. The molecule has 0 saturated carbocycles. The first kappa shape index (κ1) is 12.9. The Morgan fingerprint density at radius 2 is 1.93 bits per heavy atom. The molecule has 14 heavy (non-hydrogen) atoms. The third-order valence-corrected chi connectivity index (χ3v) is 1.45. The van der Waals surface area contributed by atoms with E-state index >= 15 is 0 Å². The molecule has 3 N–H and O–H groups in total. The van der Waals surface area contributed by atoms with Crippen molar-refractivity contribution in [3.63, 3.8) is 0 Å². The van der Waals surface area contributed by atoms with Gasteiger partial charge in [0.2, 0.25) is 5.91 Å². The van der Waals surface area contributed by atoms with E-state index in [2.05, 4.69) is 5.32 Å². The van der Waals surface area contributed by atoms with Gasteiger partial charge in [0.1, 0.15) is 11.6 Å². The number of carbonyl (C=O) groups is 2. The van der Waals surface area contributed by atoms with Crippen LogP contribution in [0.5, 0.6) is 0 Å². The summed E-state index contributed by atoms with van der Waals surface area (Å²) in [5, 5.41) is 2.68. The number of nitrogens with two attached hydrogens (primary N) is 1. The van der Waals surface area contributed by atoms with Gasteiger partial charge in [0.05, 0.1) is 6.42 Å². The van der Waals surface area contributed by atoms with E-state index in [9.17, 15) is 9.59 Å². The second-order valence-electron chi connectivity index (χ2n) is 4.05. The molecule has 0 fully saturated rings. The van der Waals surface area contributed by atoms with Gasteiger partial charge >= 0.3 is 5.97 Å². The molecular weight excluding hydrogens is 184 g/mol. The monoisotopic (exact) mass is 202 g/mol. The van der Waals surface area contributed by atoms with Crippen molar-refractivity contribution in [2.75, 3.05) is 7.05 Å². The predicted molar refractivity (Wildman–Crippen MR) is 52.5 cm³/mol. The molecule has 0 aliphatic heterocycles. The molecule has 82 valence electrons. The van der Waals surface area contributed by atoms with Gasteiger partial charge in [-0.3, -0.25) is 9.59 Å². The molecule has 0 aliphatic carbocycles. The van der Waals surface area contributed by atoms with Crippen molar-refractivity contribution >= 4 is 11.9 Å². The number of ether oxygens (including phenoxy) is 1. The highest BCUT2D eigenvalue weighted by atomic mass is 16.6. The maximum atomic E-state index is 11.4. The maximum Gasteiger partial charge on any atom is 0.324 e. The molecule has 1 atom stereocenters. The van der Waals surface area contributed by atoms with Crippen LogP contribution in [0.4, 0.5) is 0 Å². The van der Waals surface area contributed by atoms with Crippen LogP contribution in [0.1, 0.15) is 27.2 Å². The van der Waals surface area contributed by atoms with Crippen LogP contribution in [0.2, 0.25) is 0 Å². The van der Waals surface area contributed by atoms with Gasteiger partial charge in [-0.2, -0.15) is 0 Å². The molecule has 0 saturated heterocycles. The summed E-state index contributed by atoms with van der Waals surface area (Å²) in [6, 6.07) is -0.660. The Balaban J connectivity index is 4.25. The first-order valence-corrected chi connectivity index (χ1v) is 4.44. The van der Waals surface area contributed by atoms with Gasteiger partial charge in [-0.1, -0.05) is 0 Å². The fourth-order valence-electron chi connectivity index (χ4n) is 0.877. The third-order valence-electron chi connectivity index (χ3n) is 1.45. The summed E-state index contributed by atoms with van der Waals surface area (Å²) in [5.41, 5.74) is 4.43. The zero-order valence-corrected chi connectivity index (χ0v) is 9.09. The van der Waals surface area contributed by atoms with Crippen molar-refractivity contribution in [3.8, 4) is 0 Å². The zero-order chi connectivity index (χ0) is 11.4. The van der Waals surface area contributed by atoms with E-state index in [1.54, 1.807) is 27.8 Å². The molecule has 0 aliphatic rings. The fraction of sp³-hybridized carbons (Fsp3) is 0.778. The van der Waals surface area contributed by atoms with Crippen LogP contribution < -0.4 is 11.1 Å². The number of rotatable bonds is 4. The molecular formula is C9H18N2O3. The van der Waals surface area contributed by atoms with E-state index < -0.39 is 23.5 Å². The van der Waals surface area contributed by atoms with Crippen LogP contribution in [-0.2, 0) is 14.3 Å². The fourth-order valence-corrected chi connectivity index (χ4v) is 0.877. The summed E-state index contributed by atoms with van der Waals surface area (Å²) < 4.78 is 5.08. The normalized spacial score (nSPS) is 13.4. The smallest absolute Gasteiger partial charge is 0.324 e. The molecule has 0 heterocycles.